The molecule has 0 aliphatic heterocycles. The standard InChI is InChI=1S/C18H16ClFN2/c1-14-2-4-15(5-3-14)18(20,12-22-11-10-21-13-22)16-6-8-17(19)9-7-16/h2-11,13H,12H2,1H3. The molecular weight excluding hydrogens is 299 g/mol. The van der Waals surface area contributed by atoms with Crippen LogP contribution in [0.25, 0.3) is 0 Å². The molecule has 0 N–H and O–H groups in total. The summed E-state index contributed by atoms with van der Waals surface area (Å²) in [5.41, 5.74) is 0.660. The first-order chi connectivity index (χ1) is 10.6. The minimum absolute atomic E-state index is 0.164. The van der Waals surface area contributed by atoms with Crippen LogP contribution in [0, 0.1) is 6.92 Å². The summed E-state index contributed by atoms with van der Waals surface area (Å²) in [5, 5.41) is 0.595. The third-order valence-corrected chi connectivity index (χ3v) is 4.02. The predicted molar refractivity (Wildman–Crippen MR) is 86.7 cm³/mol. The van der Waals surface area contributed by atoms with Crippen molar-refractivity contribution in [1.82, 2.24) is 9.55 Å². The van der Waals surface area contributed by atoms with E-state index in [1.165, 1.54) is 0 Å². The van der Waals surface area contributed by atoms with E-state index in [2.05, 4.69) is 4.98 Å². The van der Waals surface area contributed by atoms with Gasteiger partial charge in [0.2, 0.25) is 0 Å². The Morgan fingerprint density at radius 3 is 2.18 bits per heavy atom. The van der Waals surface area contributed by atoms with Crippen LogP contribution < -0.4 is 0 Å². The number of aromatic nitrogens is 2. The van der Waals surface area contributed by atoms with Gasteiger partial charge in [0.25, 0.3) is 0 Å². The molecule has 0 saturated carbocycles. The maximum atomic E-state index is 16.0. The largest absolute Gasteiger partial charge is 0.334 e. The van der Waals surface area contributed by atoms with Crippen LogP contribution in [0.5, 0.6) is 0 Å². The molecule has 0 saturated heterocycles. The van der Waals surface area contributed by atoms with E-state index >= 15 is 4.39 Å². The second-order valence-electron chi connectivity index (χ2n) is 5.41. The number of halogens is 2. The number of rotatable bonds is 4. The molecule has 0 radical (unpaired) electrons. The van der Waals surface area contributed by atoms with Gasteiger partial charge in [0.05, 0.1) is 12.9 Å². The number of imidazole rings is 1. The Balaban J connectivity index is 2.08. The predicted octanol–water partition coefficient (Wildman–Crippen LogP) is 4.76. The first-order valence-corrected chi connectivity index (χ1v) is 7.43. The number of hydrogen-bond acceptors (Lipinski definition) is 1. The third-order valence-electron chi connectivity index (χ3n) is 3.77. The molecule has 112 valence electrons. The van der Waals surface area contributed by atoms with Gasteiger partial charge < -0.3 is 4.57 Å². The van der Waals surface area contributed by atoms with Crippen molar-refractivity contribution in [3.8, 4) is 0 Å². The fourth-order valence-corrected chi connectivity index (χ4v) is 2.64. The van der Waals surface area contributed by atoms with Gasteiger partial charge in [-0.05, 0) is 30.2 Å². The average Bonchev–Trinajstić information content (AvgIpc) is 3.01. The number of benzene rings is 2. The molecule has 0 spiro atoms. The van der Waals surface area contributed by atoms with E-state index in [1.54, 1.807) is 47.6 Å². The normalized spacial score (nSPS) is 13.8. The van der Waals surface area contributed by atoms with Crippen LogP contribution in [-0.4, -0.2) is 9.55 Å². The topological polar surface area (TPSA) is 17.8 Å². The van der Waals surface area contributed by atoms with Gasteiger partial charge in [0.15, 0.2) is 5.67 Å². The number of hydrogen-bond donors (Lipinski definition) is 0. The molecule has 0 aliphatic rings. The summed E-state index contributed by atoms with van der Waals surface area (Å²) < 4.78 is 17.7. The Morgan fingerprint density at radius 2 is 1.64 bits per heavy atom. The molecular formula is C18H16ClFN2. The summed E-state index contributed by atoms with van der Waals surface area (Å²) in [6.45, 7) is 2.15. The summed E-state index contributed by atoms with van der Waals surface area (Å²) in [6.07, 6.45) is 5.04. The maximum absolute atomic E-state index is 16.0. The monoisotopic (exact) mass is 314 g/mol. The zero-order valence-electron chi connectivity index (χ0n) is 12.2. The van der Waals surface area contributed by atoms with Crippen LogP contribution in [0.4, 0.5) is 4.39 Å². The minimum Gasteiger partial charge on any atom is -0.334 e. The molecule has 1 heterocycles. The summed E-state index contributed by atoms with van der Waals surface area (Å²) in [6, 6.07) is 14.4. The maximum Gasteiger partial charge on any atom is 0.178 e. The van der Waals surface area contributed by atoms with Crippen LogP contribution in [-0.2, 0) is 12.2 Å². The molecule has 22 heavy (non-hydrogen) atoms. The number of alkyl halides is 1. The Kier molecular flexibility index (Phi) is 3.99. The zero-order chi connectivity index (χ0) is 15.6. The van der Waals surface area contributed by atoms with Crippen LogP contribution in [0.2, 0.25) is 5.02 Å². The Morgan fingerprint density at radius 1 is 1.05 bits per heavy atom. The fraction of sp³-hybridized carbons (Fsp3) is 0.167. The Hall–Kier alpha value is -2.13. The summed E-state index contributed by atoms with van der Waals surface area (Å²) in [7, 11) is 0. The molecule has 4 heteroatoms. The first kappa shape index (κ1) is 14.8. The molecule has 0 amide bonds. The molecule has 3 rings (SSSR count). The average molecular weight is 315 g/mol. The van der Waals surface area contributed by atoms with Gasteiger partial charge >= 0.3 is 0 Å². The number of aryl methyl sites for hydroxylation is 1. The highest BCUT2D eigenvalue weighted by molar-refractivity contribution is 6.30. The van der Waals surface area contributed by atoms with Gasteiger partial charge in [0, 0.05) is 17.4 Å². The van der Waals surface area contributed by atoms with Gasteiger partial charge in [-0.1, -0.05) is 53.6 Å². The van der Waals surface area contributed by atoms with Crippen molar-refractivity contribution in [3.63, 3.8) is 0 Å². The number of nitrogens with zero attached hydrogens (tertiary/aromatic N) is 2. The van der Waals surface area contributed by atoms with Crippen molar-refractivity contribution in [2.75, 3.05) is 0 Å². The van der Waals surface area contributed by atoms with E-state index in [0.717, 1.165) is 5.56 Å². The van der Waals surface area contributed by atoms with Gasteiger partial charge in [-0.2, -0.15) is 0 Å². The molecule has 0 bridgehead atoms. The van der Waals surface area contributed by atoms with E-state index in [0.29, 0.717) is 16.1 Å². The molecule has 1 atom stereocenters. The van der Waals surface area contributed by atoms with Gasteiger partial charge in [-0.3, -0.25) is 0 Å². The van der Waals surface area contributed by atoms with Crippen LogP contribution in [0.15, 0.2) is 67.3 Å². The van der Waals surface area contributed by atoms with Crippen molar-refractivity contribution < 1.29 is 4.39 Å². The molecule has 3 aromatic rings. The molecule has 2 aromatic carbocycles. The van der Waals surface area contributed by atoms with Crippen molar-refractivity contribution in [1.29, 1.82) is 0 Å². The van der Waals surface area contributed by atoms with Crippen LogP contribution >= 0.6 is 11.6 Å². The van der Waals surface area contributed by atoms with E-state index < -0.39 is 5.67 Å². The highest BCUT2D eigenvalue weighted by Crippen LogP contribution is 2.36. The lowest BCUT2D eigenvalue weighted by Gasteiger charge is -2.27. The molecule has 0 fully saturated rings. The van der Waals surface area contributed by atoms with Crippen molar-refractivity contribution >= 4 is 11.6 Å². The van der Waals surface area contributed by atoms with Crippen molar-refractivity contribution in [3.05, 3.63) is 89.0 Å². The summed E-state index contributed by atoms with van der Waals surface area (Å²) >= 11 is 5.93. The smallest absolute Gasteiger partial charge is 0.178 e. The van der Waals surface area contributed by atoms with Gasteiger partial charge in [0.1, 0.15) is 0 Å². The molecule has 1 unspecified atom stereocenters. The van der Waals surface area contributed by atoms with E-state index in [4.69, 9.17) is 11.6 Å². The highest BCUT2D eigenvalue weighted by Gasteiger charge is 2.34. The second kappa shape index (κ2) is 5.93. The SMILES string of the molecule is Cc1ccc(C(F)(Cn2ccnc2)c2ccc(Cl)cc2)cc1. The first-order valence-electron chi connectivity index (χ1n) is 7.06. The quantitative estimate of drug-likeness (QED) is 0.679. The summed E-state index contributed by atoms with van der Waals surface area (Å²) in [5.74, 6) is 0. The van der Waals surface area contributed by atoms with Crippen molar-refractivity contribution in [2.24, 2.45) is 0 Å². The van der Waals surface area contributed by atoms with E-state index in [9.17, 15) is 0 Å². The Labute approximate surface area is 134 Å². The van der Waals surface area contributed by atoms with Gasteiger partial charge in [-0.25, -0.2) is 9.37 Å². The molecule has 2 nitrogen and oxygen atoms in total. The van der Waals surface area contributed by atoms with Crippen LogP contribution in [0.3, 0.4) is 0 Å². The van der Waals surface area contributed by atoms with Crippen molar-refractivity contribution in [2.45, 2.75) is 19.1 Å². The lowest BCUT2D eigenvalue weighted by atomic mass is 9.87. The zero-order valence-corrected chi connectivity index (χ0v) is 13.0. The second-order valence-corrected chi connectivity index (χ2v) is 5.85. The molecule has 0 aliphatic carbocycles. The third kappa shape index (κ3) is 2.90. The lowest BCUT2D eigenvalue weighted by Crippen LogP contribution is -2.27. The van der Waals surface area contributed by atoms with Crippen LogP contribution in [0.1, 0.15) is 16.7 Å². The molecule has 1 aromatic heterocycles. The van der Waals surface area contributed by atoms with Gasteiger partial charge in [-0.15, -0.1) is 0 Å². The lowest BCUT2D eigenvalue weighted by molar-refractivity contribution is 0.189. The fourth-order valence-electron chi connectivity index (χ4n) is 2.51. The van der Waals surface area contributed by atoms with E-state index in [1.807, 2.05) is 31.2 Å². The minimum atomic E-state index is -1.64. The van der Waals surface area contributed by atoms with E-state index in [-0.39, 0.29) is 6.54 Å². The summed E-state index contributed by atoms with van der Waals surface area (Å²) in [4.78, 5) is 4.00. The Bertz CT molecular complexity index is 688. The highest BCUT2D eigenvalue weighted by atomic mass is 35.5.